The number of morpholine rings is 1. The molecule has 9 heteroatoms. The molecule has 1 aliphatic rings. The van der Waals surface area contributed by atoms with Crippen LogP contribution >= 0.6 is 0 Å². The number of halogens is 1. The van der Waals surface area contributed by atoms with Crippen LogP contribution in [0.25, 0.3) is 0 Å². The Kier molecular flexibility index (Phi) is 7.56. The van der Waals surface area contributed by atoms with Crippen LogP contribution in [0.1, 0.15) is 21.5 Å². The number of ether oxygens (including phenoxy) is 1. The standard InChI is InChI=1S/C25H26FN3O4S/c26-21-9-11-22(12-10-21)34(31,32)28-24-8-4-3-7-23(24)25(30)27-17-19-5-1-2-6-20(19)18-29-13-15-33-16-14-29/h1-12,28H,13-18H2,(H,27,30). The maximum atomic E-state index is 13.2. The molecule has 1 saturated heterocycles. The Balaban J connectivity index is 1.46. The first kappa shape index (κ1) is 23.9. The molecule has 3 aromatic rings. The summed E-state index contributed by atoms with van der Waals surface area (Å²) in [7, 11) is -3.99. The van der Waals surface area contributed by atoms with Crippen LogP contribution in [0.3, 0.4) is 0 Å². The van der Waals surface area contributed by atoms with Gasteiger partial charge in [0.05, 0.1) is 29.4 Å². The second-order valence-electron chi connectivity index (χ2n) is 7.94. The van der Waals surface area contributed by atoms with E-state index < -0.39 is 21.7 Å². The SMILES string of the molecule is O=C(NCc1ccccc1CN1CCOCC1)c1ccccc1NS(=O)(=O)c1ccc(F)cc1. The van der Waals surface area contributed by atoms with Crippen molar-refractivity contribution in [3.8, 4) is 0 Å². The van der Waals surface area contributed by atoms with Gasteiger partial charge in [0.1, 0.15) is 5.82 Å². The second-order valence-corrected chi connectivity index (χ2v) is 9.63. The topological polar surface area (TPSA) is 87.7 Å². The van der Waals surface area contributed by atoms with Crippen molar-refractivity contribution in [3.05, 3.63) is 95.3 Å². The van der Waals surface area contributed by atoms with Gasteiger partial charge in [-0.05, 0) is 47.5 Å². The van der Waals surface area contributed by atoms with E-state index in [0.29, 0.717) is 19.8 Å². The Morgan fingerprint density at radius 3 is 2.29 bits per heavy atom. The number of anilines is 1. The highest BCUT2D eigenvalue weighted by Crippen LogP contribution is 2.21. The van der Waals surface area contributed by atoms with Crippen molar-refractivity contribution < 1.29 is 22.3 Å². The van der Waals surface area contributed by atoms with E-state index in [1.54, 1.807) is 18.2 Å². The summed E-state index contributed by atoms with van der Waals surface area (Å²) in [6.45, 7) is 4.22. The smallest absolute Gasteiger partial charge is 0.261 e. The van der Waals surface area contributed by atoms with Gasteiger partial charge in [0.15, 0.2) is 0 Å². The molecule has 0 radical (unpaired) electrons. The summed E-state index contributed by atoms with van der Waals surface area (Å²) in [4.78, 5) is 15.2. The Hall–Kier alpha value is -3.27. The van der Waals surface area contributed by atoms with Crippen molar-refractivity contribution in [2.24, 2.45) is 0 Å². The van der Waals surface area contributed by atoms with E-state index >= 15 is 0 Å². The number of sulfonamides is 1. The number of hydrogen-bond acceptors (Lipinski definition) is 5. The first-order valence-corrected chi connectivity index (χ1v) is 12.4. The van der Waals surface area contributed by atoms with E-state index in [2.05, 4.69) is 14.9 Å². The van der Waals surface area contributed by atoms with E-state index in [1.165, 1.54) is 18.2 Å². The summed E-state index contributed by atoms with van der Waals surface area (Å²) in [6.07, 6.45) is 0. The van der Waals surface area contributed by atoms with Gasteiger partial charge in [0.2, 0.25) is 0 Å². The predicted molar refractivity (Wildman–Crippen MR) is 127 cm³/mol. The molecule has 0 saturated carbocycles. The van der Waals surface area contributed by atoms with Gasteiger partial charge in [-0.1, -0.05) is 36.4 Å². The molecule has 34 heavy (non-hydrogen) atoms. The second kappa shape index (κ2) is 10.8. The molecule has 0 bridgehead atoms. The normalized spacial score (nSPS) is 14.5. The number of carbonyl (C=O) groups is 1. The van der Waals surface area contributed by atoms with Gasteiger partial charge >= 0.3 is 0 Å². The molecule has 1 aliphatic heterocycles. The zero-order chi connectivity index (χ0) is 24.0. The molecule has 178 valence electrons. The molecule has 2 N–H and O–H groups in total. The van der Waals surface area contributed by atoms with Gasteiger partial charge < -0.3 is 10.1 Å². The fourth-order valence-electron chi connectivity index (χ4n) is 3.74. The largest absolute Gasteiger partial charge is 0.379 e. The number of nitrogens with zero attached hydrogens (tertiary/aromatic N) is 1. The average molecular weight is 484 g/mol. The summed E-state index contributed by atoms with van der Waals surface area (Å²) in [5.74, 6) is -0.939. The summed E-state index contributed by atoms with van der Waals surface area (Å²) >= 11 is 0. The number of nitrogens with one attached hydrogen (secondary N) is 2. The predicted octanol–water partition coefficient (Wildman–Crippen LogP) is 3.39. The van der Waals surface area contributed by atoms with Crippen molar-refractivity contribution in [2.45, 2.75) is 18.0 Å². The lowest BCUT2D eigenvalue weighted by Crippen LogP contribution is -2.36. The molecule has 0 spiro atoms. The van der Waals surface area contributed by atoms with E-state index in [0.717, 1.165) is 42.9 Å². The molecule has 1 amide bonds. The number of amides is 1. The highest BCUT2D eigenvalue weighted by molar-refractivity contribution is 7.92. The van der Waals surface area contributed by atoms with Gasteiger partial charge in [-0.2, -0.15) is 0 Å². The quantitative estimate of drug-likeness (QED) is 0.513. The molecule has 1 heterocycles. The summed E-state index contributed by atoms with van der Waals surface area (Å²) in [5, 5.41) is 2.90. The summed E-state index contributed by atoms with van der Waals surface area (Å²) in [5.41, 5.74) is 2.45. The molecular weight excluding hydrogens is 457 g/mol. The third-order valence-corrected chi connectivity index (χ3v) is 6.98. The van der Waals surface area contributed by atoms with Crippen molar-refractivity contribution in [1.29, 1.82) is 0 Å². The lowest BCUT2D eigenvalue weighted by Gasteiger charge is -2.27. The minimum absolute atomic E-state index is 0.0962. The lowest BCUT2D eigenvalue weighted by molar-refractivity contribution is 0.0340. The van der Waals surface area contributed by atoms with Gasteiger partial charge in [0.25, 0.3) is 15.9 Å². The van der Waals surface area contributed by atoms with E-state index in [9.17, 15) is 17.6 Å². The van der Waals surface area contributed by atoms with Crippen LogP contribution < -0.4 is 10.0 Å². The van der Waals surface area contributed by atoms with E-state index in [1.807, 2.05) is 24.3 Å². The number of benzene rings is 3. The average Bonchev–Trinajstić information content (AvgIpc) is 2.84. The van der Waals surface area contributed by atoms with Crippen molar-refractivity contribution >= 4 is 21.6 Å². The fraction of sp³-hybridized carbons (Fsp3) is 0.240. The molecule has 0 atom stereocenters. The first-order chi connectivity index (χ1) is 16.4. The molecule has 3 aromatic carbocycles. The molecule has 1 fully saturated rings. The van der Waals surface area contributed by atoms with Crippen LogP contribution in [-0.2, 0) is 27.8 Å². The number of para-hydroxylation sites is 1. The van der Waals surface area contributed by atoms with Crippen LogP contribution in [0.4, 0.5) is 10.1 Å². The maximum Gasteiger partial charge on any atom is 0.261 e. The Morgan fingerprint density at radius 2 is 1.56 bits per heavy atom. The third-order valence-electron chi connectivity index (χ3n) is 5.60. The summed E-state index contributed by atoms with van der Waals surface area (Å²) < 4.78 is 46.5. The molecule has 0 aromatic heterocycles. The molecule has 0 unspecified atom stereocenters. The van der Waals surface area contributed by atoms with Crippen LogP contribution in [0, 0.1) is 5.82 Å². The maximum absolute atomic E-state index is 13.2. The van der Waals surface area contributed by atoms with Gasteiger partial charge in [-0.25, -0.2) is 12.8 Å². The van der Waals surface area contributed by atoms with E-state index in [4.69, 9.17) is 4.74 Å². The van der Waals surface area contributed by atoms with Crippen LogP contribution in [0.2, 0.25) is 0 Å². The number of carbonyl (C=O) groups excluding carboxylic acids is 1. The minimum Gasteiger partial charge on any atom is -0.379 e. The highest BCUT2D eigenvalue weighted by atomic mass is 32.2. The monoisotopic (exact) mass is 483 g/mol. The number of rotatable bonds is 8. The molecule has 7 nitrogen and oxygen atoms in total. The fourth-order valence-corrected chi connectivity index (χ4v) is 4.82. The minimum atomic E-state index is -3.99. The molecular formula is C25H26FN3O4S. The Morgan fingerprint density at radius 1 is 0.912 bits per heavy atom. The molecule has 0 aliphatic carbocycles. The van der Waals surface area contributed by atoms with Crippen molar-refractivity contribution in [1.82, 2.24) is 10.2 Å². The van der Waals surface area contributed by atoms with Crippen LogP contribution in [-0.4, -0.2) is 45.5 Å². The first-order valence-electron chi connectivity index (χ1n) is 10.9. The lowest BCUT2D eigenvalue weighted by atomic mass is 10.1. The molecule has 4 rings (SSSR count). The van der Waals surface area contributed by atoms with Crippen LogP contribution in [0.5, 0.6) is 0 Å². The van der Waals surface area contributed by atoms with Crippen molar-refractivity contribution in [3.63, 3.8) is 0 Å². The Bertz CT molecular complexity index is 1240. The third kappa shape index (κ3) is 5.99. The van der Waals surface area contributed by atoms with E-state index in [-0.39, 0.29) is 16.1 Å². The van der Waals surface area contributed by atoms with Gasteiger partial charge in [-0.3, -0.25) is 14.4 Å². The van der Waals surface area contributed by atoms with Gasteiger partial charge in [-0.15, -0.1) is 0 Å². The van der Waals surface area contributed by atoms with Crippen molar-refractivity contribution in [2.75, 3.05) is 31.0 Å². The number of hydrogen-bond donors (Lipinski definition) is 2. The highest BCUT2D eigenvalue weighted by Gasteiger charge is 2.19. The van der Waals surface area contributed by atoms with Crippen LogP contribution in [0.15, 0.2) is 77.7 Å². The zero-order valence-electron chi connectivity index (χ0n) is 18.5. The Labute approximate surface area is 198 Å². The summed E-state index contributed by atoms with van der Waals surface area (Å²) in [6, 6.07) is 18.8. The zero-order valence-corrected chi connectivity index (χ0v) is 19.4. The van der Waals surface area contributed by atoms with Gasteiger partial charge in [0, 0.05) is 26.2 Å².